The maximum absolute atomic E-state index is 4.70. The molecule has 2 heterocycles. The van der Waals surface area contributed by atoms with Crippen LogP contribution in [0.2, 0.25) is 0 Å². The molecule has 3 nitrogen and oxygen atoms in total. The number of hydrogen-bond acceptors (Lipinski definition) is 2. The fourth-order valence-electron chi connectivity index (χ4n) is 3.63. The topological polar surface area (TPSA) is 29.7 Å². The standard InChI is InChI=1S/C20H20N3/c1-12-7-13(2)14(3)17(8-12)20-18-9-15-10-21-6-5-16(15)19(18)22-11-23(20)4/h5-8,10-11H,9H2,1-4H3/q+1. The van der Waals surface area contributed by atoms with Crippen molar-refractivity contribution in [2.75, 3.05) is 0 Å². The zero-order chi connectivity index (χ0) is 16.1. The Kier molecular flexibility index (Phi) is 3.05. The maximum atomic E-state index is 4.70. The smallest absolute Gasteiger partial charge is 0.264 e. The second-order valence-electron chi connectivity index (χ2n) is 6.50. The molecule has 0 N–H and O–H groups in total. The molecule has 3 heteroatoms. The minimum Gasteiger partial charge on any atom is -0.264 e. The number of nitrogens with zero attached hydrogens (tertiary/aromatic N) is 3. The van der Waals surface area contributed by atoms with Crippen molar-refractivity contribution < 1.29 is 4.57 Å². The van der Waals surface area contributed by atoms with Gasteiger partial charge in [0.1, 0.15) is 5.69 Å². The van der Waals surface area contributed by atoms with E-state index in [1.54, 1.807) is 0 Å². The van der Waals surface area contributed by atoms with Crippen LogP contribution in [0, 0.1) is 20.8 Å². The van der Waals surface area contributed by atoms with Crippen LogP contribution in [-0.2, 0) is 13.5 Å². The first-order valence-corrected chi connectivity index (χ1v) is 7.95. The zero-order valence-electron chi connectivity index (χ0n) is 14.0. The molecule has 23 heavy (non-hydrogen) atoms. The Morgan fingerprint density at radius 3 is 2.74 bits per heavy atom. The van der Waals surface area contributed by atoms with Gasteiger partial charge in [-0.25, -0.2) is 4.57 Å². The van der Waals surface area contributed by atoms with Crippen LogP contribution in [0.3, 0.4) is 0 Å². The van der Waals surface area contributed by atoms with Gasteiger partial charge in [-0.05, 0) is 54.6 Å². The van der Waals surface area contributed by atoms with Crippen LogP contribution in [0.4, 0.5) is 0 Å². The van der Waals surface area contributed by atoms with E-state index in [1.165, 1.54) is 44.6 Å². The average molecular weight is 302 g/mol. The van der Waals surface area contributed by atoms with Crippen molar-refractivity contribution in [3.8, 4) is 22.5 Å². The molecule has 0 bridgehead atoms. The summed E-state index contributed by atoms with van der Waals surface area (Å²) in [6.45, 7) is 6.56. The van der Waals surface area contributed by atoms with Gasteiger partial charge in [-0.1, -0.05) is 11.6 Å². The van der Waals surface area contributed by atoms with Gasteiger partial charge in [0.2, 0.25) is 0 Å². The number of pyridine rings is 1. The van der Waals surface area contributed by atoms with E-state index in [2.05, 4.69) is 55.6 Å². The Balaban J connectivity index is 2.03. The third-order valence-corrected chi connectivity index (χ3v) is 4.88. The summed E-state index contributed by atoms with van der Waals surface area (Å²) in [6.07, 6.45) is 6.66. The van der Waals surface area contributed by atoms with Crippen molar-refractivity contribution >= 4 is 0 Å². The Labute approximate surface area is 136 Å². The van der Waals surface area contributed by atoms with E-state index in [4.69, 9.17) is 4.98 Å². The fraction of sp³-hybridized carbons (Fsp3) is 0.250. The molecule has 3 aromatic rings. The van der Waals surface area contributed by atoms with Gasteiger partial charge in [-0.15, -0.1) is 0 Å². The van der Waals surface area contributed by atoms with Crippen LogP contribution in [0.25, 0.3) is 22.5 Å². The number of rotatable bonds is 1. The van der Waals surface area contributed by atoms with Crippen LogP contribution < -0.4 is 4.57 Å². The molecular weight excluding hydrogens is 282 g/mol. The highest BCUT2D eigenvalue weighted by molar-refractivity contribution is 5.80. The number of hydrogen-bond donors (Lipinski definition) is 0. The van der Waals surface area contributed by atoms with Crippen LogP contribution >= 0.6 is 0 Å². The van der Waals surface area contributed by atoms with E-state index < -0.39 is 0 Å². The molecule has 1 aromatic carbocycles. The molecular formula is C20H20N3+. The van der Waals surface area contributed by atoms with E-state index in [1.807, 2.05) is 18.7 Å². The molecule has 0 amide bonds. The van der Waals surface area contributed by atoms with Gasteiger partial charge in [-0.3, -0.25) is 4.98 Å². The van der Waals surface area contributed by atoms with Crippen LogP contribution in [0.5, 0.6) is 0 Å². The van der Waals surface area contributed by atoms with Crippen molar-refractivity contribution in [1.82, 2.24) is 9.97 Å². The van der Waals surface area contributed by atoms with Crippen LogP contribution in [0.1, 0.15) is 27.8 Å². The summed E-state index contributed by atoms with van der Waals surface area (Å²) in [4.78, 5) is 8.97. The summed E-state index contributed by atoms with van der Waals surface area (Å²) in [5.41, 5.74) is 11.5. The first kappa shape index (κ1) is 14.1. The molecule has 0 aliphatic heterocycles. The van der Waals surface area contributed by atoms with Gasteiger partial charge in [0.15, 0.2) is 5.69 Å². The van der Waals surface area contributed by atoms with Crippen molar-refractivity contribution in [1.29, 1.82) is 0 Å². The lowest BCUT2D eigenvalue weighted by atomic mass is 9.94. The number of fused-ring (bicyclic) bond motifs is 3. The second-order valence-corrected chi connectivity index (χ2v) is 6.50. The highest BCUT2D eigenvalue weighted by Crippen LogP contribution is 2.39. The Morgan fingerprint density at radius 2 is 1.91 bits per heavy atom. The number of aryl methyl sites for hydroxylation is 3. The molecule has 0 saturated carbocycles. The quantitative estimate of drug-likeness (QED) is 0.504. The van der Waals surface area contributed by atoms with Gasteiger partial charge in [-0.2, -0.15) is 0 Å². The van der Waals surface area contributed by atoms with Gasteiger partial charge in [0.05, 0.1) is 12.6 Å². The normalized spacial score (nSPS) is 12.2. The summed E-state index contributed by atoms with van der Waals surface area (Å²) in [6, 6.07) is 6.62. The summed E-state index contributed by atoms with van der Waals surface area (Å²) in [5.74, 6) is 0. The van der Waals surface area contributed by atoms with Crippen molar-refractivity contribution in [2.24, 2.45) is 7.05 Å². The van der Waals surface area contributed by atoms with Crippen molar-refractivity contribution in [3.05, 3.63) is 64.7 Å². The monoisotopic (exact) mass is 302 g/mol. The minimum absolute atomic E-state index is 0.905. The Bertz CT molecular complexity index is 942. The van der Waals surface area contributed by atoms with Crippen molar-refractivity contribution in [2.45, 2.75) is 27.2 Å². The largest absolute Gasteiger partial charge is 0.287 e. The van der Waals surface area contributed by atoms with Crippen molar-refractivity contribution in [3.63, 3.8) is 0 Å². The predicted octanol–water partition coefficient (Wildman–Crippen LogP) is 3.46. The van der Waals surface area contributed by atoms with E-state index in [0.717, 1.165) is 12.1 Å². The molecule has 0 radical (unpaired) electrons. The van der Waals surface area contributed by atoms with Gasteiger partial charge < -0.3 is 0 Å². The van der Waals surface area contributed by atoms with Gasteiger partial charge in [0.25, 0.3) is 6.33 Å². The van der Waals surface area contributed by atoms with Crippen LogP contribution in [-0.4, -0.2) is 9.97 Å². The van der Waals surface area contributed by atoms with E-state index in [-0.39, 0.29) is 0 Å². The average Bonchev–Trinajstić information content (AvgIpc) is 2.89. The highest BCUT2D eigenvalue weighted by Gasteiger charge is 2.30. The predicted molar refractivity (Wildman–Crippen MR) is 91.1 cm³/mol. The summed E-state index contributed by atoms with van der Waals surface area (Å²) in [5, 5.41) is 0. The lowest BCUT2D eigenvalue weighted by molar-refractivity contribution is -0.663. The molecule has 0 unspecified atom stereocenters. The molecule has 1 aliphatic rings. The number of benzene rings is 1. The fourth-order valence-corrected chi connectivity index (χ4v) is 3.63. The minimum atomic E-state index is 0.905. The number of aromatic nitrogens is 3. The summed E-state index contributed by atoms with van der Waals surface area (Å²) >= 11 is 0. The van der Waals surface area contributed by atoms with E-state index >= 15 is 0 Å². The zero-order valence-corrected chi connectivity index (χ0v) is 14.0. The molecule has 0 saturated heterocycles. The van der Waals surface area contributed by atoms with E-state index in [0.29, 0.717) is 0 Å². The van der Waals surface area contributed by atoms with E-state index in [9.17, 15) is 0 Å². The summed E-state index contributed by atoms with van der Waals surface area (Å²) < 4.78 is 2.15. The third-order valence-electron chi connectivity index (χ3n) is 4.88. The lowest BCUT2D eigenvalue weighted by Gasteiger charge is -2.13. The Hall–Kier alpha value is -2.55. The lowest BCUT2D eigenvalue weighted by Crippen LogP contribution is -2.33. The molecule has 114 valence electrons. The molecule has 4 rings (SSSR count). The highest BCUT2D eigenvalue weighted by atomic mass is 15.0. The molecule has 0 atom stereocenters. The first-order chi connectivity index (χ1) is 11.1. The molecule has 0 spiro atoms. The third kappa shape index (κ3) is 2.07. The Morgan fingerprint density at radius 1 is 1.09 bits per heavy atom. The van der Waals surface area contributed by atoms with Crippen LogP contribution in [0.15, 0.2) is 36.9 Å². The molecule has 1 aliphatic carbocycles. The molecule has 0 fully saturated rings. The molecule has 2 aromatic heterocycles. The maximum Gasteiger partial charge on any atom is 0.287 e. The van der Waals surface area contributed by atoms with Gasteiger partial charge in [0, 0.05) is 29.9 Å². The SMILES string of the molecule is Cc1cc(C)c(C)c(-c2c3c(nc[n+]2C)-c2ccncc2C3)c1. The second kappa shape index (κ2) is 4.98. The first-order valence-electron chi connectivity index (χ1n) is 7.95. The summed E-state index contributed by atoms with van der Waals surface area (Å²) in [7, 11) is 2.08. The van der Waals surface area contributed by atoms with Gasteiger partial charge >= 0.3 is 0 Å².